The van der Waals surface area contributed by atoms with Crippen molar-refractivity contribution in [1.29, 1.82) is 0 Å². The molecule has 0 aliphatic rings. The average Bonchev–Trinajstić information content (AvgIpc) is 2.56. The quantitative estimate of drug-likeness (QED) is 0.628. The summed E-state index contributed by atoms with van der Waals surface area (Å²) in [7, 11) is 1.60. The second kappa shape index (κ2) is 8.41. The van der Waals surface area contributed by atoms with Gasteiger partial charge < -0.3 is 14.8 Å². The van der Waals surface area contributed by atoms with E-state index in [1.54, 1.807) is 37.2 Å². The van der Waals surface area contributed by atoms with Crippen LogP contribution in [-0.2, 0) is 4.74 Å². The Morgan fingerprint density at radius 3 is 2.86 bits per heavy atom. The number of nitrogens with zero attached hydrogens (tertiary/aromatic N) is 1. The molecule has 0 saturated carbocycles. The highest BCUT2D eigenvalue weighted by atomic mass is 32.2. The fourth-order valence-electron chi connectivity index (χ4n) is 1.80. The molecule has 1 amide bonds. The van der Waals surface area contributed by atoms with Gasteiger partial charge in [-0.05, 0) is 24.5 Å². The number of ether oxygens (including phenoxy) is 2. The predicted molar refractivity (Wildman–Crippen MR) is 87.8 cm³/mol. The van der Waals surface area contributed by atoms with Crippen molar-refractivity contribution >= 4 is 23.4 Å². The Kier molecular flexibility index (Phi) is 6.24. The van der Waals surface area contributed by atoms with Crippen LogP contribution in [0.1, 0.15) is 10.4 Å². The number of nitrogens with one attached hydrogen (secondary N) is 1. The molecule has 2 rings (SSSR count). The largest absolute Gasteiger partial charge is 0.475 e. The summed E-state index contributed by atoms with van der Waals surface area (Å²) in [6.07, 6.45) is 3.52. The first kappa shape index (κ1) is 16.3. The number of para-hydroxylation sites is 1. The molecular formula is C16H18N2O3S. The number of hydrogen-bond acceptors (Lipinski definition) is 5. The molecule has 0 radical (unpaired) electrons. The minimum Gasteiger partial charge on any atom is -0.475 e. The molecule has 5 nitrogen and oxygen atoms in total. The Labute approximate surface area is 134 Å². The monoisotopic (exact) mass is 318 g/mol. The number of anilines is 1. The van der Waals surface area contributed by atoms with E-state index in [0.29, 0.717) is 24.7 Å². The highest BCUT2D eigenvalue weighted by molar-refractivity contribution is 7.98. The van der Waals surface area contributed by atoms with E-state index >= 15 is 0 Å². The lowest BCUT2D eigenvalue weighted by molar-refractivity contribution is 0.102. The zero-order valence-corrected chi connectivity index (χ0v) is 13.4. The third-order valence-electron chi connectivity index (χ3n) is 2.89. The van der Waals surface area contributed by atoms with Crippen molar-refractivity contribution in [3.05, 3.63) is 48.2 Å². The van der Waals surface area contributed by atoms with Gasteiger partial charge in [0.05, 0.1) is 12.3 Å². The first-order chi connectivity index (χ1) is 10.7. The summed E-state index contributed by atoms with van der Waals surface area (Å²) in [5.41, 5.74) is 1.29. The van der Waals surface area contributed by atoms with Gasteiger partial charge in [-0.3, -0.25) is 4.79 Å². The molecule has 1 aromatic carbocycles. The van der Waals surface area contributed by atoms with Gasteiger partial charge in [-0.25, -0.2) is 4.98 Å². The summed E-state index contributed by atoms with van der Waals surface area (Å²) >= 11 is 1.58. The fourth-order valence-corrected chi connectivity index (χ4v) is 2.36. The fraction of sp³-hybridized carbons (Fsp3) is 0.250. The molecule has 2 aromatic rings. The minimum absolute atomic E-state index is 0.194. The average molecular weight is 318 g/mol. The molecule has 0 bridgehead atoms. The molecule has 1 N–H and O–H groups in total. The number of thioether (sulfide) groups is 1. The molecule has 116 valence electrons. The Morgan fingerprint density at radius 1 is 1.27 bits per heavy atom. The van der Waals surface area contributed by atoms with E-state index in [2.05, 4.69) is 10.3 Å². The molecule has 0 aliphatic heterocycles. The van der Waals surface area contributed by atoms with Crippen LogP contribution in [0.15, 0.2) is 47.5 Å². The molecule has 0 atom stereocenters. The molecule has 0 unspecified atom stereocenters. The number of aromatic nitrogens is 1. The van der Waals surface area contributed by atoms with Crippen molar-refractivity contribution in [1.82, 2.24) is 4.98 Å². The first-order valence-electron chi connectivity index (χ1n) is 6.76. The Morgan fingerprint density at radius 2 is 2.09 bits per heavy atom. The predicted octanol–water partition coefficient (Wildman–Crippen LogP) is 3.08. The van der Waals surface area contributed by atoms with Gasteiger partial charge in [-0.2, -0.15) is 0 Å². The van der Waals surface area contributed by atoms with Crippen molar-refractivity contribution in [2.45, 2.75) is 4.90 Å². The summed E-state index contributed by atoms with van der Waals surface area (Å²) in [4.78, 5) is 17.4. The molecule has 0 fully saturated rings. The highest BCUT2D eigenvalue weighted by Crippen LogP contribution is 2.25. The molecule has 0 aliphatic carbocycles. The second-order valence-corrected chi connectivity index (χ2v) is 5.23. The number of methoxy groups -OCH3 is 1. The van der Waals surface area contributed by atoms with Crippen LogP contribution in [0.4, 0.5) is 5.69 Å². The first-order valence-corrected chi connectivity index (χ1v) is 7.99. The van der Waals surface area contributed by atoms with Gasteiger partial charge in [0, 0.05) is 29.8 Å². The van der Waals surface area contributed by atoms with Crippen LogP contribution in [0.25, 0.3) is 0 Å². The van der Waals surface area contributed by atoms with Crippen molar-refractivity contribution < 1.29 is 14.3 Å². The van der Waals surface area contributed by atoms with E-state index in [9.17, 15) is 4.79 Å². The highest BCUT2D eigenvalue weighted by Gasteiger charge is 2.10. The number of rotatable bonds is 7. The van der Waals surface area contributed by atoms with Crippen LogP contribution >= 0.6 is 11.8 Å². The Bertz CT molecular complexity index is 634. The molecule has 6 heteroatoms. The van der Waals surface area contributed by atoms with Gasteiger partial charge in [-0.1, -0.05) is 12.1 Å². The van der Waals surface area contributed by atoms with Gasteiger partial charge in [0.25, 0.3) is 5.91 Å². The van der Waals surface area contributed by atoms with Crippen LogP contribution in [0.2, 0.25) is 0 Å². The van der Waals surface area contributed by atoms with Crippen LogP contribution < -0.4 is 10.1 Å². The molecule has 1 heterocycles. The lowest BCUT2D eigenvalue weighted by Crippen LogP contribution is -2.13. The summed E-state index contributed by atoms with van der Waals surface area (Å²) in [5, 5.41) is 2.90. The summed E-state index contributed by atoms with van der Waals surface area (Å²) in [5.74, 6) is 0.211. The van der Waals surface area contributed by atoms with Gasteiger partial charge in [0.2, 0.25) is 5.88 Å². The van der Waals surface area contributed by atoms with Gasteiger partial charge in [0.15, 0.2) is 0 Å². The summed E-state index contributed by atoms with van der Waals surface area (Å²) in [6, 6.07) is 10.9. The zero-order chi connectivity index (χ0) is 15.8. The van der Waals surface area contributed by atoms with Crippen molar-refractivity contribution in [2.24, 2.45) is 0 Å². The maximum absolute atomic E-state index is 12.3. The van der Waals surface area contributed by atoms with Crippen LogP contribution in [-0.4, -0.2) is 37.5 Å². The maximum Gasteiger partial charge on any atom is 0.255 e. The zero-order valence-electron chi connectivity index (χ0n) is 12.5. The standard InChI is InChI=1S/C16H18N2O3S/c1-20-9-10-21-15-11-12(7-8-17-15)16(19)18-13-5-3-4-6-14(13)22-2/h3-8,11H,9-10H2,1-2H3,(H,18,19). The third-order valence-corrected chi connectivity index (χ3v) is 3.69. The summed E-state index contributed by atoms with van der Waals surface area (Å²) in [6.45, 7) is 0.864. The maximum atomic E-state index is 12.3. The molecule has 22 heavy (non-hydrogen) atoms. The van der Waals surface area contributed by atoms with E-state index < -0.39 is 0 Å². The van der Waals surface area contributed by atoms with Gasteiger partial charge >= 0.3 is 0 Å². The Balaban J connectivity index is 2.07. The molecular weight excluding hydrogens is 300 g/mol. The van der Waals surface area contributed by atoms with Crippen LogP contribution in [0, 0.1) is 0 Å². The summed E-state index contributed by atoms with van der Waals surface area (Å²) < 4.78 is 10.3. The third kappa shape index (κ3) is 4.47. The van der Waals surface area contributed by atoms with E-state index in [1.807, 2.05) is 30.5 Å². The van der Waals surface area contributed by atoms with Crippen LogP contribution in [0.5, 0.6) is 5.88 Å². The second-order valence-electron chi connectivity index (χ2n) is 4.38. The number of benzene rings is 1. The molecule has 0 spiro atoms. The number of carbonyl (C=O) groups is 1. The minimum atomic E-state index is -0.194. The lowest BCUT2D eigenvalue weighted by Gasteiger charge is -2.10. The number of hydrogen-bond donors (Lipinski definition) is 1. The number of pyridine rings is 1. The van der Waals surface area contributed by atoms with E-state index in [1.165, 1.54) is 0 Å². The van der Waals surface area contributed by atoms with E-state index in [-0.39, 0.29) is 5.91 Å². The van der Waals surface area contributed by atoms with Gasteiger partial charge in [-0.15, -0.1) is 11.8 Å². The van der Waals surface area contributed by atoms with Crippen molar-refractivity contribution in [3.8, 4) is 5.88 Å². The van der Waals surface area contributed by atoms with Crippen molar-refractivity contribution in [2.75, 3.05) is 31.9 Å². The van der Waals surface area contributed by atoms with E-state index in [4.69, 9.17) is 9.47 Å². The molecule has 0 saturated heterocycles. The number of carbonyl (C=O) groups excluding carboxylic acids is 1. The topological polar surface area (TPSA) is 60.5 Å². The van der Waals surface area contributed by atoms with E-state index in [0.717, 1.165) is 10.6 Å². The van der Waals surface area contributed by atoms with Crippen LogP contribution in [0.3, 0.4) is 0 Å². The normalized spacial score (nSPS) is 10.3. The smallest absolute Gasteiger partial charge is 0.255 e. The lowest BCUT2D eigenvalue weighted by atomic mass is 10.2. The molecule has 1 aromatic heterocycles. The van der Waals surface area contributed by atoms with Gasteiger partial charge in [0.1, 0.15) is 6.61 Å². The Hall–Kier alpha value is -2.05. The SMILES string of the molecule is COCCOc1cc(C(=O)Nc2ccccc2SC)ccn1. The van der Waals surface area contributed by atoms with Crippen molar-refractivity contribution in [3.63, 3.8) is 0 Å². The number of amides is 1.